The van der Waals surface area contributed by atoms with E-state index >= 15 is 0 Å². The van der Waals surface area contributed by atoms with Crippen molar-refractivity contribution in [2.75, 3.05) is 32.0 Å². The zero-order chi connectivity index (χ0) is 14.4. The lowest BCUT2D eigenvalue weighted by Crippen LogP contribution is -2.28. The van der Waals surface area contributed by atoms with Gasteiger partial charge in [-0.3, -0.25) is 4.79 Å². The predicted octanol–water partition coefficient (Wildman–Crippen LogP) is 2.03. The Kier molecular flexibility index (Phi) is 6.51. The third kappa shape index (κ3) is 4.95. The maximum atomic E-state index is 12.1. The summed E-state index contributed by atoms with van der Waals surface area (Å²) < 4.78 is 2.06. The van der Waals surface area contributed by atoms with Crippen molar-refractivity contribution in [2.45, 2.75) is 27.3 Å². The van der Waals surface area contributed by atoms with Crippen LogP contribution in [0.1, 0.15) is 20.8 Å². The number of hydrogen-bond acceptors (Lipinski definition) is 4. The normalized spacial score (nSPS) is 11.3. The van der Waals surface area contributed by atoms with Gasteiger partial charge in [0.25, 0.3) is 5.56 Å². The average molecular weight is 331 g/mol. The maximum Gasteiger partial charge on any atom is 0.283 e. The van der Waals surface area contributed by atoms with Crippen LogP contribution in [0.3, 0.4) is 0 Å². The van der Waals surface area contributed by atoms with E-state index in [0.717, 1.165) is 25.3 Å². The van der Waals surface area contributed by atoms with E-state index in [1.54, 1.807) is 6.20 Å². The van der Waals surface area contributed by atoms with Gasteiger partial charge < -0.3 is 10.2 Å². The Morgan fingerprint density at radius 3 is 2.79 bits per heavy atom. The third-order valence-corrected chi connectivity index (χ3v) is 3.64. The van der Waals surface area contributed by atoms with Gasteiger partial charge >= 0.3 is 0 Å². The molecule has 0 atom stereocenters. The first-order chi connectivity index (χ1) is 8.95. The first kappa shape index (κ1) is 16.2. The lowest BCUT2D eigenvalue weighted by atomic mass is 10.2. The second-order valence-corrected chi connectivity index (χ2v) is 5.87. The fourth-order valence-electron chi connectivity index (χ4n) is 1.60. The lowest BCUT2D eigenvalue weighted by molar-refractivity contribution is 0.367. The summed E-state index contributed by atoms with van der Waals surface area (Å²) in [6.45, 7) is 9.61. The van der Waals surface area contributed by atoms with Crippen LogP contribution in [0.2, 0.25) is 0 Å². The monoisotopic (exact) mass is 330 g/mol. The van der Waals surface area contributed by atoms with Gasteiger partial charge in [0.1, 0.15) is 4.47 Å². The summed E-state index contributed by atoms with van der Waals surface area (Å²) >= 11 is 3.36. The molecule has 0 aliphatic heterocycles. The molecular weight excluding hydrogens is 308 g/mol. The number of likely N-dealkylation sites (N-methyl/N-ethyl adjacent to an activating group) is 1. The molecule has 1 aromatic rings. The molecule has 1 aromatic heterocycles. The average Bonchev–Trinajstić information content (AvgIpc) is 2.37. The Labute approximate surface area is 123 Å². The van der Waals surface area contributed by atoms with Crippen molar-refractivity contribution < 1.29 is 0 Å². The summed E-state index contributed by atoms with van der Waals surface area (Å²) in [4.78, 5) is 14.3. The molecule has 19 heavy (non-hydrogen) atoms. The standard InChI is InChI=1S/C13H23BrN4O/c1-5-17(4)7-6-15-11-8-16-18(9-10(2)3)13(19)12(11)14/h8,10,15H,5-7,9H2,1-4H3. The fraction of sp³-hybridized carbons (Fsp3) is 0.692. The molecule has 6 heteroatoms. The molecule has 0 aliphatic carbocycles. The van der Waals surface area contributed by atoms with E-state index in [1.165, 1.54) is 4.68 Å². The minimum Gasteiger partial charge on any atom is -0.381 e. The molecule has 0 aromatic carbocycles. The van der Waals surface area contributed by atoms with Crippen molar-refractivity contribution in [3.05, 3.63) is 21.0 Å². The van der Waals surface area contributed by atoms with Gasteiger partial charge in [-0.15, -0.1) is 0 Å². The van der Waals surface area contributed by atoms with Crippen molar-refractivity contribution >= 4 is 21.6 Å². The topological polar surface area (TPSA) is 50.2 Å². The van der Waals surface area contributed by atoms with Crippen molar-refractivity contribution in [1.82, 2.24) is 14.7 Å². The number of aromatic nitrogens is 2. The zero-order valence-corrected chi connectivity index (χ0v) is 13.7. The highest BCUT2D eigenvalue weighted by Gasteiger charge is 2.09. The minimum absolute atomic E-state index is 0.0810. The highest BCUT2D eigenvalue weighted by atomic mass is 79.9. The molecule has 5 nitrogen and oxygen atoms in total. The van der Waals surface area contributed by atoms with Gasteiger partial charge in [0.05, 0.1) is 11.9 Å². The number of halogens is 1. The molecule has 0 unspecified atom stereocenters. The summed E-state index contributed by atoms with van der Waals surface area (Å²) in [7, 11) is 2.07. The molecule has 0 spiro atoms. The van der Waals surface area contributed by atoms with Crippen LogP contribution in [0, 0.1) is 5.92 Å². The van der Waals surface area contributed by atoms with E-state index in [9.17, 15) is 4.79 Å². The van der Waals surface area contributed by atoms with Crippen LogP contribution < -0.4 is 10.9 Å². The van der Waals surface area contributed by atoms with Gasteiger partial charge in [-0.25, -0.2) is 4.68 Å². The van der Waals surface area contributed by atoms with Crippen LogP contribution in [0.25, 0.3) is 0 Å². The number of nitrogens with one attached hydrogen (secondary N) is 1. The van der Waals surface area contributed by atoms with Crippen LogP contribution in [0.15, 0.2) is 15.5 Å². The second-order valence-electron chi connectivity index (χ2n) is 5.08. The third-order valence-electron chi connectivity index (χ3n) is 2.87. The number of rotatable bonds is 7. The Balaban J connectivity index is 2.71. The van der Waals surface area contributed by atoms with Gasteiger partial charge in [0.2, 0.25) is 0 Å². The van der Waals surface area contributed by atoms with Gasteiger partial charge in [-0.1, -0.05) is 20.8 Å². The highest BCUT2D eigenvalue weighted by Crippen LogP contribution is 2.15. The van der Waals surface area contributed by atoms with E-state index in [4.69, 9.17) is 0 Å². The summed E-state index contributed by atoms with van der Waals surface area (Å²) in [6.07, 6.45) is 1.71. The lowest BCUT2D eigenvalue weighted by Gasteiger charge is -2.15. The summed E-state index contributed by atoms with van der Waals surface area (Å²) in [5, 5.41) is 7.43. The van der Waals surface area contributed by atoms with E-state index in [1.807, 2.05) is 0 Å². The number of hydrogen-bond donors (Lipinski definition) is 1. The first-order valence-corrected chi connectivity index (χ1v) is 7.43. The van der Waals surface area contributed by atoms with Gasteiger partial charge in [0.15, 0.2) is 0 Å². The van der Waals surface area contributed by atoms with Crippen LogP contribution in [-0.4, -0.2) is 41.4 Å². The summed E-state index contributed by atoms with van der Waals surface area (Å²) in [5.74, 6) is 0.397. The Morgan fingerprint density at radius 2 is 2.21 bits per heavy atom. The second kappa shape index (κ2) is 7.65. The van der Waals surface area contributed by atoms with Gasteiger partial charge in [0, 0.05) is 19.6 Å². The van der Waals surface area contributed by atoms with Crippen molar-refractivity contribution in [1.29, 1.82) is 0 Å². The number of anilines is 1. The molecule has 0 fully saturated rings. The van der Waals surface area contributed by atoms with Gasteiger partial charge in [-0.2, -0.15) is 5.10 Å². The SMILES string of the molecule is CCN(C)CCNc1cnn(CC(C)C)c(=O)c1Br. The highest BCUT2D eigenvalue weighted by molar-refractivity contribution is 9.10. The maximum absolute atomic E-state index is 12.1. The quantitative estimate of drug-likeness (QED) is 0.831. The van der Waals surface area contributed by atoms with Crippen molar-refractivity contribution in [3.63, 3.8) is 0 Å². The molecule has 0 bridgehead atoms. The zero-order valence-electron chi connectivity index (χ0n) is 12.1. The predicted molar refractivity (Wildman–Crippen MR) is 82.7 cm³/mol. The number of nitrogens with zero attached hydrogens (tertiary/aromatic N) is 3. The van der Waals surface area contributed by atoms with Gasteiger partial charge in [-0.05, 0) is 35.4 Å². The van der Waals surface area contributed by atoms with Crippen molar-refractivity contribution in [3.8, 4) is 0 Å². The van der Waals surface area contributed by atoms with Crippen LogP contribution >= 0.6 is 15.9 Å². The molecule has 0 saturated carbocycles. The summed E-state index contributed by atoms with van der Waals surface area (Å²) in [6, 6.07) is 0. The van der Waals surface area contributed by atoms with E-state index in [-0.39, 0.29) is 5.56 Å². The van der Waals surface area contributed by atoms with E-state index < -0.39 is 0 Å². The van der Waals surface area contributed by atoms with E-state index in [0.29, 0.717) is 16.9 Å². The molecule has 0 saturated heterocycles. The smallest absolute Gasteiger partial charge is 0.283 e. The molecule has 0 amide bonds. The molecular formula is C13H23BrN4O. The van der Waals surface area contributed by atoms with Crippen LogP contribution in [-0.2, 0) is 6.54 Å². The molecule has 108 valence electrons. The molecule has 0 aliphatic rings. The molecule has 0 radical (unpaired) electrons. The fourth-order valence-corrected chi connectivity index (χ4v) is 2.05. The summed E-state index contributed by atoms with van der Waals surface area (Å²) in [5.41, 5.74) is 0.678. The Hall–Kier alpha value is -0.880. The van der Waals surface area contributed by atoms with Crippen LogP contribution in [0.4, 0.5) is 5.69 Å². The van der Waals surface area contributed by atoms with E-state index in [2.05, 4.69) is 59.1 Å². The molecule has 1 N–H and O–H groups in total. The Morgan fingerprint density at radius 1 is 1.53 bits per heavy atom. The molecule has 1 rings (SSSR count). The molecule has 1 heterocycles. The largest absolute Gasteiger partial charge is 0.381 e. The Bertz CT molecular complexity index is 458. The minimum atomic E-state index is -0.0810. The van der Waals surface area contributed by atoms with Crippen LogP contribution in [0.5, 0.6) is 0 Å². The van der Waals surface area contributed by atoms with Crippen molar-refractivity contribution in [2.24, 2.45) is 5.92 Å². The first-order valence-electron chi connectivity index (χ1n) is 6.63.